The van der Waals surface area contributed by atoms with Crippen LogP contribution in [0.2, 0.25) is 0 Å². The third-order valence-electron chi connectivity index (χ3n) is 13.2. The quantitative estimate of drug-likeness (QED) is 0.0735. The molecule has 388 valence electrons. The summed E-state index contributed by atoms with van der Waals surface area (Å²) >= 11 is 2.22. The second kappa shape index (κ2) is 22.6. The Hall–Kier alpha value is -6.72. The van der Waals surface area contributed by atoms with Crippen LogP contribution in [0, 0.1) is 0 Å². The maximum atomic E-state index is 15.6. The fourth-order valence-electron chi connectivity index (χ4n) is 9.38. The summed E-state index contributed by atoms with van der Waals surface area (Å²) < 4.78 is 72.6. The fourth-order valence-corrected chi connectivity index (χ4v) is 16.1. The van der Waals surface area contributed by atoms with Gasteiger partial charge in [0.1, 0.15) is 11.4 Å². The molecule has 7 aromatic rings. The molecule has 2 saturated heterocycles. The van der Waals surface area contributed by atoms with Gasteiger partial charge in [0.15, 0.2) is 10.7 Å². The maximum Gasteiger partial charge on any atom is 0.316 e. The number of methoxy groups -OCH3 is 1. The van der Waals surface area contributed by atoms with Crippen molar-refractivity contribution in [2.24, 2.45) is 0 Å². The predicted molar refractivity (Wildman–Crippen MR) is 284 cm³/mol. The summed E-state index contributed by atoms with van der Waals surface area (Å²) in [6, 6.07) is 42.9. The minimum absolute atomic E-state index is 0.0370. The number of ether oxygens (including phenoxy) is 1. The van der Waals surface area contributed by atoms with Crippen molar-refractivity contribution >= 4 is 61.4 Å². The number of aromatic nitrogens is 3. The highest BCUT2D eigenvalue weighted by Gasteiger charge is 2.59. The lowest BCUT2D eigenvalue weighted by Crippen LogP contribution is -2.59. The van der Waals surface area contributed by atoms with Crippen molar-refractivity contribution in [3.05, 3.63) is 198 Å². The van der Waals surface area contributed by atoms with Gasteiger partial charge in [-0.3, -0.25) is 19.4 Å². The van der Waals surface area contributed by atoms with Gasteiger partial charge in [-0.05, 0) is 71.1 Å². The normalized spacial score (nSPS) is 18.9. The standard InChI is InChI=1S/C54H53N7O10S4/c1-53(52(65)70-2,41-23-27-42(28-24-41)74(66,67)60-31-34-72-50(60)49(63)57-46(39-16-8-4-9-17-39)44-20-12-13-30-55-44)36-54(51(64)58-47(40-18-10-5-11-19-40)48-56-45(29-33-62)71-59-48)61(32-35-73-54)75(68,69)43-25-21-38(22-26-43)37-14-6-3-7-15-37/h3-28,30,46-47,50,62H,29,31-36H2,1-2H3,(H,57,63)(H,58,64). The van der Waals surface area contributed by atoms with E-state index in [1.54, 1.807) is 66.9 Å². The Morgan fingerprint density at radius 1 is 0.760 bits per heavy atom. The third kappa shape index (κ3) is 10.9. The number of thioether (sulfide) groups is 2. The Morgan fingerprint density at radius 3 is 1.99 bits per heavy atom. The predicted octanol–water partition coefficient (Wildman–Crippen LogP) is 6.50. The van der Waals surface area contributed by atoms with E-state index in [2.05, 4.69) is 25.8 Å². The van der Waals surface area contributed by atoms with Crippen LogP contribution in [0.4, 0.5) is 0 Å². The first-order valence-corrected chi connectivity index (χ1v) is 28.8. The van der Waals surface area contributed by atoms with Crippen molar-refractivity contribution in [3.63, 3.8) is 0 Å². The zero-order chi connectivity index (χ0) is 52.8. The number of carbonyl (C=O) groups excluding carboxylic acids is 3. The highest BCUT2D eigenvalue weighted by atomic mass is 32.2. The number of nitrogens with one attached hydrogen (secondary N) is 2. The molecule has 75 heavy (non-hydrogen) atoms. The van der Waals surface area contributed by atoms with Gasteiger partial charge in [-0.15, -0.1) is 23.5 Å². The molecule has 2 aliphatic rings. The van der Waals surface area contributed by atoms with Crippen LogP contribution in [0.3, 0.4) is 0 Å². The van der Waals surface area contributed by atoms with Crippen LogP contribution >= 0.6 is 23.5 Å². The lowest BCUT2D eigenvalue weighted by molar-refractivity contribution is -0.148. The number of aliphatic hydroxyl groups excluding tert-OH is 1. The van der Waals surface area contributed by atoms with Gasteiger partial charge >= 0.3 is 5.97 Å². The lowest BCUT2D eigenvalue weighted by atomic mass is 9.76. The molecule has 0 spiro atoms. The molecule has 21 heteroatoms. The van der Waals surface area contributed by atoms with E-state index in [9.17, 15) is 23.1 Å². The van der Waals surface area contributed by atoms with E-state index in [4.69, 9.17) is 9.26 Å². The number of sulfonamides is 2. The number of hydrogen-bond donors (Lipinski definition) is 3. The van der Waals surface area contributed by atoms with Crippen LogP contribution in [0.25, 0.3) is 11.1 Å². The van der Waals surface area contributed by atoms with E-state index in [0.29, 0.717) is 17.0 Å². The van der Waals surface area contributed by atoms with Crippen LogP contribution in [-0.4, -0.2) is 112 Å². The number of hydrogen-bond acceptors (Lipinski definition) is 15. The fraction of sp³-hybridized carbons (Fsp3) is 0.259. The first-order chi connectivity index (χ1) is 36.2. The van der Waals surface area contributed by atoms with E-state index in [0.717, 1.165) is 37.1 Å². The van der Waals surface area contributed by atoms with Crippen molar-refractivity contribution in [1.29, 1.82) is 0 Å². The number of aliphatic hydroxyl groups is 1. The molecule has 5 atom stereocenters. The summed E-state index contributed by atoms with van der Waals surface area (Å²) in [4.78, 5) is 50.8. The lowest BCUT2D eigenvalue weighted by Gasteiger charge is -2.41. The Bertz CT molecular complexity index is 3310. The van der Waals surface area contributed by atoms with Gasteiger partial charge in [0, 0.05) is 37.2 Å². The summed E-state index contributed by atoms with van der Waals surface area (Å²) in [7, 11) is -7.71. The van der Waals surface area contributed by atoms with Crippen LogP contribution in [0.15, 0.2) is 178 Å². The van der Waals surface area contributed by atoms with E-state index in [1.165, 1.54) is 62.2 Å². The van der Waals surface area contributed by atoms with E-state index >= 15 is 13.2 Å². The van der Waals surface area contributed by atoms with Gasteiger partial charge in [-0.1, -0.05) is 126 Å². The molecule has 4 heterocycles. The van der Waals surface area contributed by atoms with Crippen LogP contribution in [0.1, 0.15) is 59.5 Å². The number of amides is 2. The number of esters is 1. The molecule has 0 bridgehead atoms. The van der Waals surface area contributed by atoms with Gasteiger partial charge in [-0.25, -0.2) is 16.8 Å². The Balaban J connectivity index is 1.06. The number of benzene rings is 5. The molecule has 5 unspecified atom stereocenters. The average Bonchev–Trinajstić information content (AvgIpc) is 4.28. The van der Waals surface area contributed by atoms with E-state index in [1.807, 2.05) is 60.7 Å². The highest BCUT2D eigenvalue weighted by Crippen LogP contribution is 2.49. The topological polar surface area (TPSA) is 231 Å². The monoisotopic (exact) mass is 1090 g/mol. The van der Waals surface area contributed by atoms with Crippen molar-refractivity contribution in [3.8, 4) is 11.1 Å². The first kappa shape index (κ1) is 53.1. The van der Waals surface area contributed by atoms with Gasteiger partial charge < -0.3 is 25.0 Å². The zero-order valence-corrected chi connectivity index (χ0v) is 44.0. The summed E-state index contributed by atoms with van der Waals surface area (Å²) in [6.45, 7) is 1.15. The molecular weight excluding hydrogens is 1030 g/mol. The Kier molecular flexibility index (Phi) is 16.0. The van der Waals surface area contributed by atoms with Gasteiger partial charge in [0.05, 0.1) is 47.1 Å². The Morgan fingerprint density at radius 2 is 1.36 bits per heavy atom. The van der Waals surface area contributed by atoms with Gasteiger partial charge in [0.25, 0.3) is 5.91 Å². The molecule has 9 rings (SSSR count). The van der Waals surface area contributed by atoms with Crippen molar-refractivity contribution in [2.45, 2.75) is 57.3 Å². The summed E-state index contributed by atoms with van der Waals surface area (Å²) in [5.41, 5.74) is 1.90. The summed E-state index contributed by atoms with van der Waals surface area (Å²) in [6.07, 6.45) is 1.17. The minimum atomic E-state index is -4.53. The number of carbonyl (C=O) groups is 3. The van der Waals surface area contributed by atoms with Gasteiger partial charge in [0.2, 0.25) is 31.8 Å². The largest absolute Gasteiger partial charge is 0.468 e. The molecule has 2 fully saturated rings. The molecule has 2 aromatic heterocycles. The number of pyridine rings is 1. The van der Waals surface area contributed by atoms with Crippen LogP contribution < -0.4 is 10.6 Å². The molecule has 2 aliphatic heterocycles. The molecule has 2 amide bonds. The summed E-state index contributed by atoms with van der Waals surface area (Å²) in [5.74, 6) is -1.54. The molecule has 5 aromatic carbocycles. The first-order valence-electron chi connectivity index (χ1n) is 23.9. The van der Waals surface area contributed by atoms with Crippen molar-refractivity contribution < 1.29 is 45.6 Å². The molecule has 0 saturated carbocycles. The van der Waals surface area contributed by atoms with Crippen LogP contribution in [0.5, 0.6) is 0 Å². The maximum absolute atomic E-state index is 15.6. The van der Waals surface area contributed by atoms with Gasteiger partial charge in [-0.2, -0.15) is 13.6 Å². The molecule has 0 aliphatic carbocycles. The van der Waals surface area contributed by atoms with Crippen molar-refractivity contribution in [2.75, 3.05) is 38.3 Å². The molecular formula is C54H53N7O10S4. The number of nitrogens with zero attached hydrogens (tertiary/aromatic N) is 5. The molecule has 3 N–H and O–H groups in total. The second-order valence-corrected chi connectivity index (χ2v) is 24.2. The Labute approximate surface area is 443 Å². The summed E-state index contributed by atoms with van der Waals surface area (Å²) in [5, 5.41) is 18.7. The highest BCUT2D eigenvalue weighted by molar-refractivity contribution is 8.03. The van der Waals surface area contributed by atoms with Crippen molar-refractivity contribution in [1.82, 2.24) is 34.4 Å². The second-order valence-electron chi connectivity index (χ2n) is 17.9. The zero-order valence-electron chi connectivity index (χ0n) is 40.8. The average molecular weight is 1090 g/mol. The third-order valence-corrected chi connectivity index (χ3v) is 19.9. The smallest absolute Gasteiger partial charge is 0.316 e. The SMILES string of the molecule is COC(=O)C(C)(CC1(C(=O)NC(c2ccccc2)c2noc(CCO)n2)SCCN1S(=O)(=O)c1ccc(-c2ccccc2)cc1)c1ccc(S(=O)(=O)N2CCSC2C(=O)NC(c2ccccc2)c2ccccn2)cc1. The molecule has 17 nitrogen and oxygen atoms in total. The van der Waals surface area contributed by atoms with Crippen LogP contribution in [-0.2, 0) is 51.0 Å². The molecule has 0 radical (unpaired) electrons. The van der Waals surface area contributed by atoms with E-state index < -0.39 is 72.0 Å². The minimum Gasteiger partial charge on any atom is -0.468 e. The number of rotatable bonds is 19. The van der Waals surface area contributed by atoms with E-state index in [-0.39, 0.29) is 58.9 Å².